The fraction of sp³-hybridized carbons (Fsp3) is 0.0870. The Bertz CT molecular complexity index is 1390. The zero-order valence-corrected chi connectivity index (χ0v) is 18.7. The van der Waals surface area contributed by atoms with Gasteiger partial charge in [0.15, 0.2) is 0 Å². The number of nitrogens with zero attached hydrogens (tertiary/aromatic N) is 3. The molecule has 12 heteroatoms. The highest BCUT2D eigenvalue weighted by molar-refractivity contribution is 6.31. The summed E-state index contributed by atoms with van der Waals surface area (Å²) < 4.78 is 46.4. The smallest absolute Gasteiger partial charge is 0.417 e. The number of nitrogens with one attached hydrogen (secondary N) is 2. The Balaban J connectivity index is 1.43. The first-order valence-electron chi connectivity index (χ1n) is 9.99. The van der Waals surface area contributed by atoms with Crippen LogP contribution in [0, 0.1) is 0 Å². The number of ether oxygens (including phenoxy) is 1. The minimum atomic E-state index is -4.67. The number of benzene rings is 2. The third kappa shape index (κ3) is 5.82. The molecule has 0 aliphatic rings. The van der Waals surface area contributed by atoms with Gasteiger partial charge in [-0.2, -0.15) is 18.3 Å². The zero-order chi connectivity index (χ0) is 25.2. The van der Waals surface area contributed by atoms with Crippen molar-refractivity contribution in [1.82, 2.24) is 14.8 Å². The van der Waals surface area contributed by atoms with Gasteiger partial charge in [-0.05, 0) is 36.4 Å². The maximum absolute atomic E-state index is 13.0. The minimum absolute atomic E-state index is 0.0191. The standard InChI is InChI=1S/C23H17ClF3N5O3/c1-32-12-13(11-29-32)20-9-16(6-7-28-20)35-15-3-5-19(21(33)10-15)31-22(34)30-14-2-4-18(24)17(8-14)23(25,26)27/h2-12,33H,1H3,(H2,30,31,34). The number of pyridine rings is 1. The van der Waals surface area contributed by atoms with Crippen LogP contribution >= 0.6 is 11.6 Å². The van der Waals surface area contributed by atoms with E-state index in [4.69, 9.17) is 16.3 Å². The average molecular weight is 504 g/mol. The van der Waals surface area contributed by atoms with Crippen molar-refractivity contribution in [3.8, 4) is 28.5 Å². The third-order valence-corrected chi connectivity index (χ3v) is 5.04. The molecule has 3 N–H and O–H groups in total. The van der Waals surface area contributed by atoms with Crippen molar-refractivity contribution >= 4 is 29.0 Å². The molecule has 0 spiro atoms. The summed E-state index contributed by atoms with van der Waals surface area (Å²) in [6.45, 7) is 0. The van der Waals surface area contributed by atoms with Crippen molar-refractivity contribution in [1.29, 1.82) is 0 Å². The molecule has 2 aromatic heterocycles. The van der Waals surface area contributed by atoms with E-state index in [1.807, 2.05) is 0 Å². The van der Waals surface area contributed by atoms with Crippen LogP contribution in [0.4, 0.5) is 29.3 Å². The van der Waals surface area contributed by atoms with Crippen LogP contribution in [0.5, 0.6) is 17.2 Å². The van der Waals surface area contributed by atoms with E-state index in [1.165, 1.54) is 24.3 Å². The Labute approximate surface area is 201 Å². The second kappa shape index (κ2) is 9.55. The van der Waals surface area contributed by atoms with E-state index in [0.717, 1.165) is 11.6 Å². The summed E-state index contributed by atoms with van der Waals surface area (Å²) in [6.07, 6.45) is 0.362. The number of rotatable bonds is 5. The van der Waals surface area contributed by atoms with Crippen molar-refractivity contribution in [3.05, 3.63) is 77.7 Å². The normalized spacial score (nSPS) is 11.2. The lowest BCUT2D eigenvalue weighted by Gasteiger charge is -2.13. The fourth-order valence-electron chi connectivity index (χ4n) is 3.11. The highest BCUT2D eigenvalue weighted by Gasteiger charge is 2.33. The Kier molecular flexibility index (Phi) is 6.52. The van der Waals surface area contributed by atoms with Gasteiger partial charge in [-0.15, -0.1) is 0 Å². The Morgan fingerprint density at radius 2 is 1.86 bits per heavy atom. The molecule has 0 saturated heterocycles. The van der Waals surface area contributed by atoms with Crippen molar-refractivity contribution < 1.29 is 27.8 Å². The van der Waals surface area contributed by atoms with Crippen LogP contribution in [0.15, 0.2) is 67.1 Å². The number of aromatic nitrogens is 3. The van der Waals surface area contributed by atoms with E-state index in [1.54, 1.807) is 42.5 Å². The van der Waals surface area contributed by atoms with Gasteiger partial charge in [0.25, 0.3) is 0 Å². The van der Waals surface area contributed by atoms with Crippen molar-refractivity contribution in [2.24, 2.45) is 7.05 Å². The maximum atomic E-state index is 13.0. The van der Waals surface area contributed by atoms with E-state index in [0.29, 0.717) is 17.5 Å². The van der Waals surface area contributed by atoms with Gasteiger partial charge < -0.3 is 20.5 Å². The van der Waals surface area contributed by atoms with Crippen LogP contribution in [0.3, 0.4) is 0 Å². The molecule has 4 aromatic rings. The second-order valence-electron chi connectivity index (χ2n) is 7.33. The van der Waals surface area contributed by atoms with Gasteiger partial charge in [0, 0.05) is 42.8 Å². The summed E-state index contributed by atoms with van der Waals surface area (Å²) in [5.74, 6) is 0.426. The van der Waals surface area contributed by atoms with E-state index in [9.17, 15) is 23.1 Å². The molecule has 180 valence electrons. The molecule has 0 aliphatic carbocycles. The molecule has 0 unspecified atom stereocenters. The first-order valence-corrected chi connectivity index (χ1v) is 10.4. The number of carbonyl (C=O) groups excluding carboxylic acids is 1. The van der Waals surface area contributed by atoms with Crippen LogP contribution in [-0.4, -0.2) is 25.9 Å². The van der Waals surface area contributed by atoms with Crippen LogP contribution in [0.25, 0.3) is 11.3 Å². The number of carbonyl (C=O) groups is 1. The molecule has 0 bridgehead atoms. The van der Waals surface area contributed by atoms with Gasteiger partial charge in [0.2, 0.25) is 0 Å². The number of aryl methyl sites for hydroxylation is 1. The third-order valence-electron chi connectivity index (χ3n) is 4.71. The molecule has 0 radical (unpaired) electrons. The molecule has 2 heterocycles. The number of anilines is 2. The lowest BCUT2D eigenvalue weighted by molar-refractivity contribution is -0.137. The van der Waals surface area contributed by atoms with Gasteiger partial charge >= 0.3 is 12.2 Å². The van der Waals surface area contributed by atoms with Crippen molar-refractivity contribution in [3.63, 3.8) is 0 Å². The fourth-order valence-corrected chi connectivity index (χ4v) is 3.33. The molecule has 0 saturated carbocycles. The lowest BCUT2D eigenvalue weighted by atomic mass is 10.2. The van der Waals surface area contributed by atoms with Gasteiger partial charge in [-0.1, -0.05) is 11.6 Å². The number of aromatic hydroxyl groups is 1. The number of urea groups is 1. The zero-order valence-electron chi connectivity index (χ0n) is 18.0. The Hall–Kier alpha value is -4.25. The molecule has 35 heavy (non-hydrogen) atoms. The molecule has 2 aromatic carbocycles. The minimum Gasteiger partial charge on any atom is -0.506 e. The summed E-state index contributed by atoms with van der Waals surface area (Å²) in [4.78, 5) is 16.5. The largest absolute Gasteiger partial charge is 0.506 e. The second-order valence-corrected chi connectivity index (χ2v) is 7.74. The van der Waals surface area contributed by atoms with Gasteiger partial charge in [0.05, 0.1) is 28.2 Å². The monoisotopic (exact) mass is 503 g/mol. The predicted molar refractivity (Wildman–Crippen MR) is 124 cm³/mol. The molecule has 2 amide bonds. The first kappa shape index (κ1) is 23.9. The van der Waals surface area contributed by atoms with Gasteiger partial charge in [0.1, 0.15) is 17.2 Å². The average Bonchev–Trinajstić information content (AvgIpc) is 3.23. The number of hydrogen-bond acceptors (Lipinski definition) is 5. The predicted octanol–water partition coefficient (Wildman–Crippen LogP) is 6.30. The topological polar surface area (TPSA) is 101 Å². The number of hydrogen-bond donors (Lipinski definition) is 3. The van der Waals surface area contributed by atoms with E-state index < -0.39 is 22.8 Å². The Morgan fingerprint density at radius 3 is 2.54 bits per heavy atom. The summed E-state index contributed by atoms with van der Waals surface area (Å²) in [7, 11) is 1.79. The van der Waals surface area contributed by atoms with Gasteiger partial charge in [-0.25, -0.2) is 4.79 Å². The number of phenols is 1. The maximum Gasteiger partial charge on any atom is 0.417 e. The number of amides is 2. The summed E-state index contributed by atoms with van der Waals surface area (Å²) in [5.41, 5.74) is 0.260. The summed E-state index contributed by atoms with van der Waals surface area (Å²) in [5, 5.41) is 18.5. The van der Waals surface area contributed by atoms with E-state index in [-0.39, 0.29) is 22.9 Å². The van der Waals surface area contributed by atoms with Crippen LogP contribution in [0.2, 0.25) is 5.02 Å². The van der Waals surface area contributed by atoms with Crippen LogP contribution < -0.4 is 15.4 Å². The van der Waals surface area contributed by atoms with E-state index in [2.05, 4.69) is 20.7 Å². The van der Waals surface area contributed by atoms with Crippen molar-refractivity contribution in [2.45, 2.75) is 6.18 Å². The molecule has 0 atom stereocenters. The number of alkyl halides is 3. The molecular formula is C23H17ClF3N5O3. The molecular weight excluding hydrogens is 487 g/mol. The summed E-state index contributed by atoms with van der Waals surface area (Å²) in [6, 6.07) is 9.62. The summed E-state index contributed by atoms with van der Waals surface area (Å²) >= 11 is 5.58. The highest BCUT2D eigenvalue weighted by Crippen LogP contribution is 2.36. The molecule has 4 rings (SSSR count). The SMILES string of the molecule is Cn1cc(-c2cc(Oc3ccc(NC(=O)Nc4ccc(Cl)c(C(F)(F)F)c4)c(O)c3)ccn2)cn1. The molecule has 8 nitrogen and oxygen atoms in total. The highest BCUT2D eigenvalue weighted by atomic mass is 35.5. The van der Waals surface area contributed by atoms with Crippen molar-refractivity contribution in [2.75, 3.05) is 10.6 Å². The molecule has 0 aliphatic heterocycles. The van der Waals surface area contributed by atoms with E-state index >= 15 is 0 Å². The quantitative estimate of drug-likeness (QED) is 0.278. The number of phenolic OH excluding ortho intramolecular Hbond substituents is 1. The van der Waals surface area contributed by atoms with Gasteiger partial charge in [-0.3, -0.25) is 9.67 Å². The number of halogens is 4. The lowest BCUT2D eigenvalue weighted by Crippen LogP contribution is -2.20. The first-order chi connectivity index (χ1) is 16.6. The van der Waals surface area contributed by atoms with Crippen LogP contribution in [-0.2, 0) is 13.2 Å². The van der Waals surface area contributed by atoms with Crippen LogP contribution in [0.1, 0.15) is 5.56 Å². The Morgan fingerprint density at radius 1 is 1.09 bits per heavy atom. The molecule has 0 fully saturated rings.